The predicted molar refractivity (Wildman–Crippen MR) is 81.1 cm³/mol. The Morgan fingerprint density at radius 2 is 1.89 bits per heavy atom. The van der Waals surface area contributed by atoms with Crippen LogP contribution in [0.5, 0.6) is 0 Å². The third-order valence-corrected chi connectivity index (χ3v) is 4.38. The molecule has 0 aliphatic carbocycles. The lowest BCUT2D eigenvalue weighted by Gasteiger charge is -2.26. The Labute approximate surface area is 118 Å². The molecule has 0 radical (unpaired) electrons. The summed E-state index contributed by atoms with van der Waals surface area (Å²) in [6, 6.07) is 0.561. The number of carbonyl (C=O) groups excluding carboxylic acids is 1. The van der Waals surface area contributed by atoms with Crippen molar-refractivity contribution in [1.29, 1.82) is 0 Å². The zero-order chi connectivity index (χ0) is 14.3. The molecule has 2 N–H and O–H groups in total. The summed E-state index contributed by atoms with van der Waals surface area (Å²) in [5.74, 6) is 2.05. The number of carbonyl (C=O) groups is 1. The molecular formula is C16H32N2O. The zero-order valence-corrected chi connectivity index (χ0v) is 13.2. The molecular weight excluding hydrogens is 236 g/mol. The smallest absolute Gasteiger partial charge is 0.220 e. The van der Waals surface area contributed by atoms with E-state index in [2.05, 4.69) is 38.3 Å². The predicted octanol–water partition coefficient (Wildman–Crippen LogP) is 2.95. The first-order valence-electron chi connectivity index (χ1n) is 8.00. The minimum atomic E-state index is 0.221. The summed E-state index contributed by atoms with van der Waals surface area (Å²) in [5, 5.41) is 6.61. The second kappa shape index (κ2) is 8.57. The van der Waals surface area contributed by atoms with Gasteiger partial charge in [0, 0.05) is 19.0 Å². The summed E-state index contributed by atoms with van der Waals surface area (Å²) < 4.78 is 0. The number of amides is 1. The van der Waals surface area contributed by atoms with Gasteiger partial charge in [0.2, 0.25) is 5.91 Å². The van der Waals surface area contributed by atoms with Crippen LogP contribution in [0, 0.1) is 17.8 Å². The summed E-state index contributed by atoms with van der Waals surface area (Å²) in [6.45, 7) is 10.9. The van der Waals surface area contributed by atoms with E-state index in [1.54, 1.807) is 0 Å². The molecule has 0 aromatic heterocycles. The van der Waals surface area contributed by atoms with Crippen molar-refractivity contribution in [2.75, 3.05) is 13.1 Å². The molecule has 19 heavy (non-hydrogen) atoms. The van der Waals surface area contributed by atoms with Gasteiger partial charge in [0.25, 0.3) is 0 Å². The van der Waals surface area contributed by atoms with Gasteiger partial charge in [0.15, 0.2) is 0 Å². The number of rotatable bonds is 7. The maximum absolute atomic E-state index is 11.9. The van der Waals surface area contributed by atoms with Gasteiger partial charge in [-0.05, 0) is 43.6 Å². The molecule has 0 bridgehead atoms. The van der Waals surface area contributed by atoms with E-state index in [0.29, 0.717) is 30.2 Å². The Kier molecular flexibility index (Phi) is 7.44. The maximum Gasteiger partial charge on any atom is 0.220 e. The van der Waals surface area contributed by atoms with Crippen molar-refractivity contribution >= 4 is 5.91 Å². The first-order chi connectivity index (χ1) is 9.00. The molecule has 1 amide bonds. The van der Waals surface area contributed by atoms with Gasteiger partial charge in [-0.1, -0.05) is 34.1 Å². The van der Waals surface area contributed by atoms with Crippen LogP contribution < -0.4 is 10.6 Å². The average Bonchev–Trinajstić information content (AvgIpc) is 2.37. The van der Waals surface area contributed by atoms with Gasteiger partial charge in [-0.25, -0.2) is 0 Å². The van der Waals surface area contributed by atoms with E-state index < -0.39 is 0 Å². The van der Waals surface area contributed by atoms with Crippen LogP contribution in [0.25, 0.3) is 0 Å². The first-order valence-corrected chi connectivity index (χ1v) is 8.00. The van der Waals surface area contributed by atoms with Crippen molar-refractivity contribution in [3.05, 3.63) is 0 Å². The highest BCUT2D eigenvalue weighted by molar-refractivity contribution is 5.75. The minimum Gasteiger partial charge on any atom is -0.356 e. The number of nitrogens with one attached hydrogen (secondary N) is 2. The lowest BCUT2D eigenvalue weighted by molar-refractivity contribution is -0.121. The van der Waals surface area contributed by atoms with Crippen LogP contribution >= 0.6 is 0 Å². The lowest BCUT2D eigenvalue weighted by Crippen LogP contribution is -2.37. The van der Waals surface area contributed by atoms with Crippen LogP contribution in [0.4, 0.5) is 0 Å². The molecule has 1 rings (SSSR count). The molecule has 3 heteroatoms. The van der Waals surface area contributed by atoms with Gasteiger partial charge in [-0.3, -0.25) is 4.79 Å². The quantitative estimate of drug-likeness (QED) is 0.745. The van der Waals surface area contributed by atoms with E-state index in [0.717, 1.165) is 19.5 Å². The van der Waals surface area contributed by atoms with Crippen molar-refractivity contribution < 1.29 is 4.79 Å². The molecule has 112 valence electrons. The van der Waals surface area contributed by atoms with Crippen LogP contribution in [-0.2, 0) is 4.79 Å². The topological polar surface area (TPSA) is 41.1 Å². The standard InChI is InChI=1S/C16H32N2O/c1-12(2)15(13(3)4)11-18-16(19)9-8-14-7-5-6-10-17-14/h12-15,17H,5-11H2,1-4H3,(H,18,19). The van der Waals surface area contributed by atoms with Crippen molar-refractivity contribution in [1.82, 2.24) is 10.6 Å². The van der Waals surface area contributed by atoms with Gasteiger partial charge in [0.1, 0.15) is 0 Å². The third-order valence-electron chi connectivity index (χ3n) is 4.38. The van der Waals surface area contributed by atoms with Crippen LogP contribution in [-0.4, -0.2) is 25.0 Å². The normalized spacial score (nSPS) is 20.3. The molecule has 1 atom stereocenters. The van der Waals surface area contributed by atoms with Gasteiger partial charge >= 0.3 is 0 Å². The highest BCUT2D eigenvalue weighted by Gasteiger charge is 2.19. The monoisotopic (exact) mass is 268 g/mol. The molecule has 1 aliphatic rings. The van der Waals surface area contributed by atoms with Crippen LogP contribution in [0.15, 0.2) is 0 Å². The summed E-state index contributed by atoms with van der Waals surface area (Å²) in [4.78, 5) is 11.9. The first kappa shape index (κ1) is 16.5. The van der Waals surface area contributed by atoms with Gasteiger partial charge < -0.3 is 10.6 Å². The van der Waals surface area contributed by atoms with Crippen LogP contribution in [0.1, 0.15) is 59.8 Å². The van der Waals surface area contributed by atoms with E-state index in [1.807, 2.05) is 0 Å². The molecule has 1 heterocycles. The fourth-order valence-electron chi connectivity index (χ4n) is 3.04. The van der Waals surface area contributed by atoms with Crippen molar-refractivity contribution in [3.8, 4) is 0 Å². The van der Waals surface area contributed by atoms with Crippen LogP contribution in [0.3, 0.4) is 0 Å². The van der Waals surface area contributed by atoms with E-state index in [-0.39, 0.29) is 5.91 Å². The Bertz CT molecular complexity index is 249. The summed E-state index contributed by atoms with van der Waals surface area (Å²) in [7, 11) is 0. The molecule has 0 spiro atoms. The molecule has 1 saturated heterocycles. The highest BCUT2D eigenvalue weighted by Crippen LogP contribution is 2.19. The number of hydrogen-bond donors (Lipinski definition) is 2. The lowest BCUT2D eigenvalue weighted by atomic mass is 9.85. The van der Waals surface area contributed by atoms with Gasteiger partial charge in [0.05, 0.1) is 0 Å². The van der Waals surface area contributed by atoms with E-state index in [1.165, 1.54) is 19.3 Å². The molecule has 1 unspecified atom stereocenters. The Hall–Kier alpha value is -0.570. The molecule has 1 fully saturated rings. The van der Waals surface area contributed by atoms with E-state index in [9.17, 15) is 4.79 Å². The molecule has 3 nitrogen and oxygen atoms in total. The van der Waals surface area contributed by atoms with Gasteiger partial charge in [-0.2, -0.15) is 0 Å². The Morgan fingerprint density at radius 1 is 1.21 bits per heavy atom. The van der Waals surface area contributed by atoms with E-state index >= 15 is 0 Å². The average molecular weight is 268 g/mol. The van der Waals surface area contributed by atoms with Crippen LogP contribution in [0.2, 0.25) is 0 Å². The maximum atomic E-state index is 11.9. The van der Waals surface area contributed by atoms with Gasteiger partial charge in [-0.15, -0.1) is 0 Å². The van der Waals surface area contributed by atoms with E-state index in [4.69, 9.17) is 0 Å². The second-order valence-electron chi connectivity index (χ2n) is 6.64. The second-order valence-corrected chi connectivity index (χ2v) is 6.64. The molecule has 0 aromatic carbocycles. The highest BCUT2D eigenvalue weighted by atomic mass is 16.1. The summed E-state index contributed by atoms with van der Waals surface area (Å²) in [6.07, 6.45) is 5.48. The van der Waals surface area contributed by atoms with Crippen molar-refractivity contribution in [2.45, 2.75) is 65.8 Å². The minimum absolute atomic E-state index is 0.221. The summed E-state index contributed by atoms with van der Waals surface area (Å²) in [5.41, 5.74) is 0. The third kappa shape index (κ3) is 6.42. The zero-order valence-electron chi connectivity index (χ0n) is 13.2. The molecule has 1 aliphatic heterocycles. The largest absolute Gasteiger partial charge is 0.356 e. The molecule has 0 saturated carbocycles. The fraction of sp³-hybridized carbons (Fsp3) is 0.938. The fourth-order valence-corrected chi connectivity index (χ4v) is 3.04. The Morgan fingerprint density at radius 3 is 2.42 bits per heavy atom. The SMILES string of the molecule is CC(C)C(CNC(=O)CCC1CCCCN1)C(C)C. The Balaban J connectivity index is 2.19. The molecule has 0 aromatic rings. The van der Waals surface area contributed by atoms with Crippen molar-refractivity contribution in [3.63, 3.8) is 0 Å². The number of hydrogen-bond acceptors (Lipinski definition) is 2. The summed E-state index contributed by atoms with van der Waals surface area (Å²) >= 11 is 0. The van der Waals surface area contributed by atoms with Crippen molar-refractivity contribution in [2.24, 2.45) is 17.8 Å². The number of piperidine rings is 1.